The Morgan fingerprint density at radius 3 is 2.78 bits per heavy atom. The molecule has 2 heterocycles. The normalized spacial score (nSPS) is 15.0. The minimum atomic E-state index is -0.690. The van der Waals surface area contributed by atoms with Crippen LogP contribution >= 0.6 is 0 Å². The van der Waals surface area contributed by atoms with Crippen molar-refractivity contribution in [2.75, 3.05) is 12.4 Å². The first-order valence-electron chi connectivity index (χ1n) is 8.49. The van der Waals surface area contributed by atoms with Crippen molar-refractivity contribution in [2.24, 2.45) is 0 Å². The number of ether oxygens (including phenoxy) is 2. The summed E-state index contributed by atoms with van der Waals surface area (Å²) < 4.78 is 24.4. The highest BCUT2D eigenvalue weighted by atomic mass is 19.1. The molecule has 1 amide bonds. The zero-order chi connectivity index (χ0) is 18.8. The van der Waals surface area contributed by atoms with Crippen LogP contribution in [0.15, 0.2) is 60.8 Å². The molecule has 0 aliphatic carbocycles. The van der Waals surface area contributed by atoms with Crippen LogP contribution in [0.25, 0.3) is 11.1 Å². The van der Waals surface area contributed by atoms with Gasteiger partial charge < -0.3 is 14.8 Å². The van der Waals surface area contributed by atoms with E-state index >= 15 is 0 Å². The highest BCUT2D eigenvalue weighted by Crippen LogP contribution is 2.35. The number of anilines is 1. The number of pyridine rings is 1. The number of aromatic nitrogens is 1. The molecule has 1 aromatic heterocycles. The van der Waals surface area contributed by atoms with E-state index in [2.05, 4.69) is 10.3 Å². The van der Waals surface area contributed by atoms with Gasteiger partial charge in [-0.2, -0.15) is 0 Å². The van der Waals surface area contributed by atoms with Gasteiger partial charge in [0, 0.05) is 23.9 Å². The van der Waals surface area contributed by atoms with Crippen molar-refractivity contribution < 1.29 is 18.7 Å². The minimum Gasteiger partial charge on any atom is -0.497 e. The molecule has 1 aliphatic rings. The molecule has 6 heteroatoms. The number of nitrogens with zero attached hydrogens (tertiary/aromatic N) is 1. The first kappa shape index (κ1) is 17.0. The van der Waals surface area contributed by atoms with E-state index in [0.29, 0.717) is 23.7 Å². The minimum absolute atomic E-state index is 0.261. The van der Waals surface area contributed by atoms with E-state index in [4.69, 9.17) is 9.47 Å². The molecule has 1 unspecified atom stereocenters. The van der Waals surface area contributed by atoms with Crippen LogP contribution < -0.4 is 14.8 Å². The van der Waals surface area contributed by atoms with E-state index in [9.17, 15) is 9.18 Å². The lowest BCUT2D eigenvalue weighted by Crippen LogP contribution is -2.31. The lowest BCUT2D eigenvalue weighted by Gasteiger charge is -2.11. The third-order valence-electron chi connectivity index (χ3n) is 4.45. The van der Waals surface area contributed by atoms with Crippen LogP contribution in [0, 0.1) is 5.82 Å². The maximum atomic E-state index is 13.6. The average molecular weight is 364 g/mol. The van der Waals surface area contributed by atoms with Gasteiger partial charge in [0.1, 0.15) is 11.6 Å². The zero-order valence-corrected chi connectivity index (χ0v) is 14.6. The van der Waals surface area contributed by atoms with Crippen molar-refractivity contribution in [3.63, 3.8) is 0 Å². The predicted octanol–water partition coefficient (Wildman–Crippen LogP) is 3.84. The van der Waals surface area contributed by atoms with Crippen molar-refractivity contribution in [1.29, 1.82) is 0 Å². The molecule has 1 atom stereocenters. The number of hydrogen-bond acceptors (Lipinski definition) is 4. The molecule has 0 fully saturated rings. The lowest BCUT2D eigenvalue weighted by molar-refractivity contribution is -0.122. The second-order valence-corrected chi connectivity index (χ2v) is 6.18. The van der Waals surface area contributed by atoms with Crippen molar-refractivity contribution in [3.05, 3.63) is 72.2 Å². The van der Waals surface area contributed by atoms with Gasteiger partial charge in [-0.3, -0.25) is 4.79 Å². The summed E-state index contributed by atoms with van der Waals surface area (Å²) in [5.74, 6) is 0.544. The summed E-state index contributed by atoms with van der Waals surface area (Å²) >= 11 is 0. The van der Waals surface area contributed by atoms with Crippen molar-refractivity contribution >= 4 is 11.6 Å². The summed E-state index contributed by atoms with van der Waals surface area (Å²) in [5.41, 5.74) is 3.00. The topological polar surface area (TPSA) is 60.5 Å². The summed E-state index contributed by atoms with van der Waals surface area (Å²) in [7, 11) is 1.58. The number of carbonyl (C=O) groups is 1. The van der Waals surface area contributed by atoms with Gasteiger partial charge in [-0.25, -0.2) is 9.37 Å². The maximum absolute atomic E-state index is 13.6. The number of nitrogens with one attached hydrogen (secondary N) is 1. The summed E-state index contributed by atoms with van der Waals surface area (Å²) in [4.78, 5) is 16.8. The van der Waals surface area contributed by atoms with Gasteiger partial charge in [0.2, 0.25) is 5.88 Å². The number of halogens is 1. The van der Waals surface area contributed by atoms with E-state index in [-0.39, 0.29) is 11.7 Å². The fraction of sp³-hybridized carbons (Fsp3) is 0.143. The third kappa shape index (κ3) is 3.46. The Hall–Kier alpha value is -3.41. The van der Waals surface area contributed by atoms with Crippen molar-refractivity contribution in [2.45, 2.75) is 12.5 Å². The summed E-state index contributed by atoms with van der Waals surface area (Å²) in [6.45, 7) is 0. The Kier molecular flexibility index (Phi) is 4.46. The molecule has 136 valence electrons. The molecule has 5 nitrogen and oxygen atoms in total. The highest BCUT2D eigenvalue weighted by molar-refractivity contribution is 5.95. The van der Waals surface area contributed by atoms with Crippen molar-refractivity contribution in [3.8, 4) is 22.8 Å². The Bertz CT molecular complexity index is 989. The van der Waals surface area contributed by atoms with E-state index < -0.39 is 6.10 Å². The van der Waals surface area contributed by atoms with Gasteiger partial charge in [0.05, 0.1) is 7.11 Å². The second kappa shape index (κ2) is 7.07. The molecular formula is C21H17FN2O3. The number of benzene rings is 2. The fourth-order valence-electron chi connectivity index (χ4n) is 3.10. The van der Waals surface area contributed by atoms with Gasteiger partial charge in [-0.1, -0.05) is 12.1 Å². The quantitative estimate of drug-likeness (QED) is 0.764. The monoisotopic (exact) mass is 364 g/mol. The number of rotatable bonds is 4. The van der Waals surface area contributed by atoms with Crippen LogP contribution in [0.5, 0.6) is 11.6 Å². The Balaban J connectivity index is 1.53. The Morgan fingerprint density at radius 2 is 2.04 bits per heavy atom. The van der Waals surface area contributed by atoms with Crippen LogP contribution in [0.2, 0.25) is 0 Å². The smallest absolute Gasteiger partial charge is 0.265 e. The van der Waals surface area contributed by atoms with Gasteiger partial charge in [0.25, 0.3) is 5.91 Å². The van der Waals surface area contributed by atoms with Gasteiger partial charge in [-0.15, -0.1) is 0 Å². The summed E-state index contributed by atoms with van der Waals surface area (Å²) in [5, 5.41) is 2.83. The molecule has 1 aliphatic heterocycles. The molecule has 0 saturated heterocycles. The zero-order valence-electron chi connectivity index (χ0n) is 14.6. The number of amides is 1. The average Bonchev–Trinajstić information content (AvgIpc) is 3.13. The SMILES string of the molecule is COc1ccc(NC(=O)C2Cc3c(-c4cccc(F)c4)ccnc3O2)cc1. The highest BCUT2D eigenvalue weighted by Gasteiger charge is 2.32. The first-order chi connectivity index (χ1) is 13.1. The van der Waals surface area contributed by atoms with Crippen LogP contribution in [0.1, 0.15) is 5.56 Å². The first-order valence-corrected chi connectivity index (χ1v) is 8.49. The predicted molar refractivity (Wildman–Crippen MR) is 99.4 cm³/mol. The number of carbonyl (C=O) groups excluding carboxylic acids is 1. The second-order valence-electron chi connectivity index (χ2n) is 6.18. The summed E-state index contributed by atoms with van der Waals surface area (Å²) in [6, 6.07) is 15.2. The molecule has 0 spiro atoms. The van der Waals surface area contributed by atoms with E-state index in [0.717, 1.165) is 16.7 Å². The molecule has 0 radical (unpaired) electrons. The van der Waals surface area contributed by atoms with E-state index in [1.807, 2.05) is 6.07 Å². The Morgan fingerprint density at radius 1 is 1.22 bits per heavy atom. The molecule has 4 rings (SSSR count). The third-order valence-corrected chi connectivity index (χ3v) is 4.45. The van der Waals surface area contributed by atoms with Crippen LogP contribution in [0.4, 0.5) is 10.1 Å². The van der Waals surface area contributed by atoms with Crippen LogP contribution in [-0.4, -0.2) is 24.1 Å². The number of hydrogen-bond donors (Lipinski definition) is 1. The maximum Gasteiger partial charge on any atom is 0.265 e. The van der Waals surface area contributed by atoms with Gasteiger partial charge >= 0.3 is 0 Å². The largest absolute Gasteiger partial charge is 0.497 e. The number of fused-ring (bicyclic) bond motifs is 1. The molecular weight excluding hydrogens is 347 g/mol. The molecule has 1 N–H and O–H groups in total. The van der Waals surface area contributed by atoms with Crippen LogP contribution in [-0.2, 0) is 11.2 Å². The van der Waals surface area contributed by atoms with E-state index in [1.54, 1.807) is 49.7 Å². The standard InChI is InChI=1S/C21H17FN2O3/c1-26-16-7-5-15(6-8-16)24-20(25)19-12-18-17(9-10-23-21(18)27-19)13-3-2-4-14(22)11-13/h2-11,19H,12H2,1H3,(H,24,25). The molecule has 27 heavy (non-hydrogen) atoms. The van der Waals surface area contributed by atoms with Gasteiger partial charge in [-0.05, 0) is 53.6 Å². The van der Waals surface area contributed by atoms with Crippen LogP contribution in [0.3, 0.4) is 0 Å². The molecule has 0 bridgehead atoms. The Labute approximate surface area is 155 Å². The van der Waals surface area contributed by atoms with Crippen molar-refractivity contribution in [1.82, 2.24) is 4.98 Å². The van der Waals surface area contributed by atoms with Gasteiger partial charge in [0.15, 0.2) is 6.10 Å². The summed E-state index contributed by atoms with van der Waals surface area (Å²) in [6.07, 6.45) is 1.28. The number of methoxy groups -OCH3 is 1. The lowest BCUT2D eigenvalue weighted by atomic mass is 9.98. The molecule has 3 aromatic rings. The van der Waals surface area contributed by atoms with E-state index in [1.165, 1.54) is 12.1 Å². The molecule has 2 aromatic carbocycles. The fourth-order valence-corrected chi connectivity index (χ4v) is 3.10. The molecule has 0 saturated carbocycles.